The van der Waals surface area contributed by atoms with Gasteiger partial charge < -0.3 is 11.1 Å². The summed E-state index contributed by atoms with van der Waals surface area (Å²) < 4.78 is 13.7. The van der Waals surface area contributed by atoms with E-state index in [0.29, 0.717) is 16.3 Å². The Kier molecular flexibility index (Phi) is 4.62. The number of hydrogen-bond acceptors (Lipinski definition) is 2. The van der Waals surface area contributed by atoms with E-state index in [4.69, 9.17) is 17.3 Å². The van der Waals surface area contributed by atoms with Gasteiger partial charge in [0.15, 0.2) is 0 Å². The zero-order chi connectivity index (χ0) is 14.7. The van der Waals surface area contributed by atoms with Crippen molar-refractivity contribution in [3.05, 3.63) is 63.3 Å². The lowest BCUT2D eigenvalue weighted by atomic mass is 10.1. The van der Waals surface area contributed by atoms with Gasteiger partial charge in [0.2, 0.25) is 5.91 Å². The van der Waals surface area contributed by atoms with Crippen LogP contribution in [0.5, 0.6) is 0 Å². The van der Waals surface area contributed by atoms with Gasteiger partial charge in [0.1, 0.15) is 11.9 Å². The monoisotopic (exact) mass is 356 g/mol. The maximum Gasteiger partial charge on any atom is 0.244 e. The molecule has 0 aliphatic carbocycles. The van der Waals surface area contributed by atoms with Crippen molar-refractivity contribution in [2.24, 2.45) is 5.73 Å². The molecular weight excluding hydrogens is 347 g/mol. The first-order valence-electron chi connectivity index (χ1n) is 5.74. The van der Waals surface area contributed by atoms with Gasteiger partial charge in [0.25, 0.3) is 0 Å². The fourth-order valence-corrected chi connectivity index (χ4v) is 2.53. The highest BCUT2D eigenvalue weighted by Crippen LogP contribution is 2.28. The van der Waals surface area contributed by atoms with Crippen molar-refractivity contribution in [3.63, 3.8) is 0 Å². The van der Waals surface area contributed by atoms with Gasteiger partial charge in [-0.3, -0.25) is 4.79 Å². The molecule has 104 valence electrons. The molecule has 6 heteroatoms. The lowest BCUT2D eigenvalue weighted by Crippen LogP contribution is -2.28. The first-order valence-corrected chi connectivity index (χ1v) is 6.91. The smallest absolute Gasteiger partial charge is 0.244 e. The van der Waals surface area contributed by atoms with Gasteiger partial charge in [0, 0.05) is 20.7 Å². The average molecular weight is 358 g/mol. The molecule has 1 atom stereocenters. The topological polar surface area (TPSA) is 55.1 Å². The van der Waals surface area contributed by atoms with Crippen LogP contribution >= 0.6 is 27.5 Å². The zero-order valence-electron chi connectivity index (χ0n) is 10.2. The Balaban J connectivity index is 2.31. The summed E-state index contributed by atoms with van der Waals surface area (Å²) in [6, 6.07) is 10.0. The zero-order valence-corrected chi connectivity index (χ0v) is 12.6. The Bertz CT molecular complexity index is 634. The molecule has 2 aromatic rings. The minimum Gasteiger partial charge on any atom is -0.370 e. The number of primary amides is 1. The number of rotatable bonds is 4. The standard InChI is InChI=1S/C14H11BrClFN2O/c15-8-1-6-11(12(16)7-8)13(14(18)20)19-10-4-2-9(17)3-5-10/h1-7,13,19H,(H2,18,20). The number of halogens is 3. The van der Waals surface area contributed by atoms with E-state index >= 15 is 0 Å². The molecule has 20 heavy (non-hydrogen) atoms. The van der Waals surface area contributed by atoms with Crippen molar-refractivity contribution < 1.29 is 9.18 Å². The molecule has 3 nitrogen and oxygen atoms in total. The third-order valence-corrected chi connectivity index (χ3v) is 3.53. The number of nitrogens with one attached hydrogen (secondary N) is 1. The van der Waals surface area contributed by atoms with Crippen LogP contribution in [0, 0.1) is 5.82 Å². The third-order valence-electron chi connectivity index (χ3n) is 2.71. The summed E-state index contributed by atoms with van der Waals surface area (Å²) in [6.45, 7) is 0. The minimum atomic E-state index is -0.791. The van der Waals surface area contributed by atoms with Gasteiger partial charge in [-0.05, 0) is 36.4 Å². The normalized spacial score (nSPS) is 11.9. The van der Waals surface area contributed by atoms with Crippen LogP contribution in [-0.4, -0.2) is 5.91 Å². The summed E-state index contributed by atoms with van der Waals surface area (Å²) in [5, 5.41) is 3.36. The highest BCUT2D eigenvalue weighted by molar-refractivity contribution is 9.10. The van der Waals surface area contributed by atoms with E-state index in [1.54, 1.807) is 18.2 Å². The second kappa shape index (κ2) is 6.24. The molecule has 1 amide bonds. The highest BCUT2D eigenvalue weighted by Gasteiger charge is 2.20. The molecule has 2 aromatic carbocycles. The van der Waals surface area contributed by atoms with Crippen LogP contribution in [-0.2, 0) is 4.79 Å². The molecule has 2 rings (SSSR count). The van der Waals surface area contributed by atoms with Crippen LogP contribution < -0.4 is 11.1 Å². The molecule has 0 spiro atoms. The van der Waals surface area contributed by atoms with Gasteiger partial charge in [-0.25, -0.2) is 4.39 Å². The van der Waals surface area contributed by atoms with E-state index in [0.717, 1.165) is 4.47 Å². The quantitative estimate of drug-likeness (QED) is 0.872. The van der Waals surface area contributed by atoms with Crippen molar-refractivity contribution in [3.8, 4) is 0 Å². The van der Waals surface area contributed by atoms with E-state index < -0.39 is 11.9 Å². The van der Waals surface area contributed by atoms with Gasteiger partial charge in [0.05, 0.1) is 0 Å². The molecule has 0 aliphatic rings. The largest absolute Gasteiger partial charge is 0.370 e. The van der Waals surface area contributed by atoms with E-state index in [1.807, 2.05) is 0 Å². The van der Waals surface area contributed by atoms with Gasteiger partial charge in [-0.1, -0.05) is 33.6 Å². The summed E-state index contributed by atoms with van der Waals surface area (Å²) in [4.78, 5) is 11.6. The SMILES string of the molecule is NC(=O)C(Nc1ccc(F)cc1)c1ccc(Br)cc1Cl. The number of anilines is 1. The van der Waals surface area contributed by atoms with Gasteiger partial charge in [-0.2, -0.15) is 0 Å². The molecule has 0 radical (unpaired) electrons. The Hall–Kier alpha value is -1.59. The van der Waals surface area contributed by atoms with Crippen molar-refractivity contribution in [2.75, 3.05) is 5.32 Å². The highest BCUT2D eigenvalue weighted by atomic mass is 79.9. The Morgan fingerprint density at radius 1 is 1.25 bits per heavy atom. The van der Waals surface area contributed by atoms with Gasteiger partial charge >= 0.3 is 0 Å². The summed E-state index contributed by atoms with van der Waals surface area (Å²) >= 11 is 9.42. The Morgan fingerprint density at radius 2 is 1.90 bits per heavy atom. The number of amides is 1. The van der Waals surface area contributed by atoms with Crippen molar-refractivity contribution in [1.29, 1.82) is 0 Å². The molecule has 0 fully saturated rings. The summed E-state index contributed by atoms with van der Waals surface area (Å²) in [5.41, 5.74) is 6.55. The molecule has 0 bridgehead atoms. The predicted octanol–water partition coefficient (Wildman–Crippen LogP) is 3.88. The van der Waals surface area contributed by atoms with Crippen molar-refractivity contribution in [1.82, 2.24) is 0 Å². The summed E-state index contributed by atoms with van der Waals surface area (Å²) in [6.07, 6.45) is 0. The van der Waals surface area contributed by atoms with Crippen LogP contribution in [0.15, 0.2) is 46.9 Å². The molecule has 0 saturated carbocycles. The molecular formula is C14H11BrClFN2O. The fraction of sp³-hybridized carbons (Fsp3) is 0.0714. The summed E-state index contributed by atoms with van der Waals surface area (Å²) in [5.74, 6) is -0.925. The molecule has 0 aromatic heterocycles. The maximum absolute atomic E-state index is 12.9. The first kappa shape index (κ1) is 14.8. The number of hydrogen-bond donors (Lipinski definition) is 2. The van der Waals surface area contributed by atoms with Crippen LogP contribution in [0.1, 0.15) is 11.6 Å². The van der Waals surface area contributed by atoms with Crippen LogP contribution in [0.25, 0.3) is 0 Å². The summed E-state index contributed by atoms with van der Waals surface area (Å²) in [7, 11) is 0. The number of benzene rings is 2. The van der Waals surface area contributed by atoms with E-state index in [1.165, 1.54) is 24.3 Å². The fourth-order valence-electron chi connectivity index (χ4n) is 1.75. The molecule has 1 unspecified atom stereocenters. The van der Waals surface area contributed by atoms with Crippen molar-refractivity contribution in [2.45, 2.75) is 6.04 Å². The van der Waals surface area contributed by atoms with E-state index in [2.05, 4.69) is 21.2 Å². The Labute approximate surface area is 129 Å². The van der Waals surface area contributed by atoms with Crippen LogP contribution in [0.4, 0.5) is 10.1 Å². The lowest BCUT2D eigenvalue weighted by Gasteiger charge is -2.18. The molecule has 3 N–H and O–H groups in total. The number of carbonyl (C=O) groups is 1. The lowest BCUT2D eigenvalue weighted by molar-refractivity contribution is -0.118. The predicted molar refractivity (Wildman–Crippen MR) is 81.1 cm³/mol. The van der Waals surface area contributed by atoms with Crippen molar-refractivity contribution >= 4 is 39.1 Å². The second-order valence-corrected chi connectivity index (χ2v) is 5.48. The third kappa shape index (κ3) is 3.49. The second-order valence-electron chi connectivity index (χ2n) is 4.15. The number of nitrogens with two attached hydrogens (primary N) is 1. The van der Waals surface area contributed by atoms with E-state index in [-0.39, 0.29) is 5.82 Å². The molecule has 0 saturated heterocycles. The van der Waals surface area contributed by atoms with E-state index in [9.17, 15) is 9.18 Å². The maximum atomic E-state index is 12.9. The minimum absolute atomic E-state index is 0.354. The molecule has 0 heterocycles. The van der Waals surface area contributed by atoms with Gasteiger partial charge in [-0.15, -0.1) is 0 Å². The van der Waals surface area contributed by atoms with Crippen LogP contribution in [0.3, 0.4) is 0 Å². The average Bonchev–Trinajstić information content (AvgIpc) is 2.39. The Morgan fingerprint density at radius 3 is 2.45 bits per heavy atom. The first-order chi connectivity index (χ1) is 9.47. The molecule has 0 aliphatic heterocycles. The van der Waals surface area contributed by atoms with Crippen LogP contribution in [0.2, 0.25) is 5.02 Å². The number of carbonyl (C=O) groups excluding carboxylic acids is 1.